The molecule has 0 fully saturated rings. The lowest BCUT2D eigenvalue weighted by atomic mass is 9.79. The van der Waals surface area contributed by atoms with Gasteiger partial charge in [0.15, 0.2) is 0 Å². The van der Waals surface area contributed by atoms with E-state index in [0.29, 0.717) is 5.41 Å². The summed E-state index contributed by atoms with van der Waals surface area (Å²) in [6.07, 6.45) is 5.80. The van der Waals surface area contributed by atoms with Crippen LogP contribution in [-0.2, 0) is 0 Å². The maximum Gasteiger partial charge on any atom is -0.0353 e. The Morgan fingerprint density at radius 2 is 1.91 bits per heavy atom. The predicted molar refractivity (Wildman–Crippen MR) is 52.7 cm³/mol. The largest absolute Gasteiger partial charge is 0.103 e. The molecular formula is C11H22. The molecule has 0 aromatic heterocycles. The van der Waals surface area contributed by atoms with Crippen LogP contribution in [0.25, 0.3) is 0 Å². The average molecular weight is 154 g/mol. The Morgan fingerprint density at radius 3 is 2.27 bits per heavy atom. The van der Waals surface area contributed by atoms with Crippen LogP contribution in [0, 0.1) is 11.3 Å². The summed E-state index contributed by atoms with van der Waals surface area (Å²) in [6, 6.07) is 0. The van der Waals surface area contributed by atoms with Gasteiger partial charge in [-0.1, -0.05) is 33.8 Å². The van der Waals surface area contributed by atoms with Gasteiger partial charge in [-0.05, 0) is 30.6 Å². The molecule has 0 amide bonds. The van der Waals surface area contributed by atoms with Crippen molar-refractivity contribution in [3.05, 3.63) is 12.7 Å². The molecule has 0 spiro atoms. The van der Waals surface area contributed by atoms with Gasteiger partial charge in [0.05, 0.1) is 0 Å². The Hall–Kier alpha value is -0.260. The average Bonchev–Trinajstić information content (AvgIpc) is 1.86. The molecule has 0 saturated carbocycles. The molecule has 1 unspecified atom stereocenters. The van der Waals surface area contributed by atoms with Gasteiger partial charge in [-0.25, -0.2) is 0 Å². The number of allylic oxidation sites excluding steroid dienone is 1. The summed E-state index contributed by atoms with van der Waals surface area (Å²) in [6.45, 7) is 13.0. The molecule has 0 aliphatic heterocycles. The molecule has 0 aromatic carbocycles. The molecule has 0 N–H and O–H groups in total. The third kappa shape index (κ3) is 5.06. The molecule has 0 heterocycles. The Bertz CT molecular complexity index is 106. The van der Waals surface area contributed by atoms with Gasteiger partial charge in [0, 0.05) is 0 Å². The molecule has 66 valence electrons. The fraction of sp³-hybridized carbons (Fsp3) is 0.818. The molecule has 0 nitrogen and oxygen atoms in total. The Kier molecular flexibility index (Phi) is 4.48. The van der Waals surface area contributed by atoms with Crippen LogP contribution < -0.4 is 0 Å². The van der Waals surface area contributed by atoms with Gasteiger partial charge in [-0.2, -0.15) is 0 Å². The van der Waals surface area contributed by atoms with Crippen molar-refractivity contribution >= 4 is 0 Å². The quantitative estimate of drug-likeness (QED) is 0.424. The summed E-state index contributed by atoms with van der Waals surface area (Å²) in [7, 11) is 0. The van der Waals surface area contributed by atoms with Gasteiger partial charge in [-0.3, -0.25) is 0 Å². The topological polar surface area (TPSA) is 0 Å². The van der Waals surface area contributed by atoms with E-state index in [4.69, 9.17) is 0 Å². The van der Waals surface area contributed by atoms with Crippen LogP contribution in [0.4, 0.5) is 0 Å². The van der Waals surface area contributed by atoms with E-state index in [-0.39, 0.29) is 0 Å². The second kappa shape index (κ2) is 4.58. The zero-order valence-electron chi connectivity index (χ0n) is 8.48. The highest BCUT2D eigenvalue weighted by molar-refractivity contribution is 4.72. The highest BCUT2D eigenvalue weighted by Gasteiger charge is 2.18. The first-order chi connectivity index (χ1) is 4.98. The normalized spacial score (nSPS) is 14.5. The summed E-state index contributed by atoms with van der Waals surface area (Å²) in [5.74, 6) is 0.822. The number of unbranched alkanes of at least 4 members (excludes halogenated alkanes) is 1. The molecule has 0 rings (SSSR count). The Balaban J connectivity index is 3.52. The van der Waals surface area contributed by atoms with Gasteiger partial charge in [0.25, 0.3) is 0 Å². The third-order valence-corrected chi connectivity index (χ3v) is 2.52. The van der Waals surface area contributed by atoms with E-state index in [0.717, 1.165) is 5.92 Å². The van der Waals surface area contributed by atoms with Crippen LogP contribution in [-0.4, -0.2) is 0 Å². The molecule has 1 atom stereocenters. The Labute approximate surface area is 71.7 Å². The second-order valence-electron chi connectivity index (χ2n) is 4.49. The summed E-state index contributed by atoms with van der Waals surface area (Å²) in [5, 5.41) is 0. The molecule has 0 saturated heterocycles. The van der Waals surface area contributed by atoms with E-state index in [1.807, 2.05) is 6.08 Å². The maximum absolute atomic E-state index is 3.72. The second-order valence-corrected chi connectivity index (χ2v) is 4.49. The monoisotopic (exact) mass is 154 g/mol. The molecule has 0 heteroatoms. The molecule has 0 aliphatic carbocycles. The summed E-state index contributed by atoms with van der Waals surface area (Å²) >= 11 is 0. The number of hydrogen-bond acceptors (Lipinski definition) is 0. The molecular weight excluding hydrogens is 132 g/mol. The summed E-state index contributed by atoms with van der Waals surface area (Å²) in [5.41, 5.74) is 0.473. The van der Waals surface area contributed by atoms with Gasteiger partial charge in [0.1, 0.15) is 0 Å². The molecule has 0 aromatic rings. The van der Waals surface area contributed by atoms with Gasteiger partial charge < -0.3 is 0 Å². The lowest BCUT2D eigenvalue weighted by Crippen LogP contribution is -2.16. The van der Waals surface area contributed by atoms with E-state index in [1.54, 1.807) is 0 Å². The van der Waals surface area contributed by atoms with Gasteiger partial charge in [-0.15, -0.1) is 6.58 Å². The van der Waals surface area contributed by atoms with Crippen molar-refractivity contribution in [1.82, 2.24) is 0 Å². The number of rotatable bonds is 4. The van der Waals surface area contributed by atoms with E-state index < -0.39 is 0 Å². The van der Waals surface area contributed by atoms with Crippen LogP contribution in [0.15, 0.2) is 12.7 Å². The standard InChI is InChI=1S/C11H22/c1-6-7-8-9-10(2)11(3,4)5/h6,10H,1,7-9H2,2-5H3. The summed E-state index contributed by atoms with van der Waals surface area (Å²) in [4.78, 5) is 0. The van der Waals surface area contributed by atoms with E-state index in [1.165, 1.54) is 19.3 Å². The fourth-order valence-electron chi connectivity index (χ4n) is 1.00. The SMILES string of the molecule is C=CCCCC(C)C(C)(C)C. The fourth-order valence-corrected chi connectivity index (χ4v) is 1.00. The zero-order valence-corrected chi connectivity index (χ0v) is 8.48. The molecule has 0 radical (unpaired) electrons. The summed E-state index contributed by atoms with van der Waals surface area (Å²) < 4.78 is 0. The predicted octanol–water partition coefficient (Wildman–Crippen LogP) is 4.02. The molecule has 0 bridgehead atoms. The first-order valence-corrected chi connectivity index (χ1v) is 4.59. The van der Waals surface area contributed by atoms with Gasteiger partial charge in [0.2, 0.25) is 0 Å². The van der Waals surface area contributed by atoms with Crippen LogP contribution in [0.2, 0.25) is 0 Å². The first-order valence-electron chi connectivity index (χ1n) is 4.59. The van der Waals surface area contributed by atoms with E-state index >= 15 is 0 Å². The van der Waals surface area contributed by atoms with Gasteiger partial charge >= 0.3 is 0 Å². The van der Waals surface area contributed by atoms with Crippen molar-refractivity contribution < 1.29 is 0 Å². The zero-order chi connectivity index (χ0) is 8.91. The van der Waals surface area contributed by atoms with Crippen LogP contribution >= 0.6 is 0 Å². The maximum atomic E-state index is 3.72. The van der Waals surface area contributed by atoms with Crippen LogP contribution in [0.3, 0.4) is 0 Å². The minimum absolute atomic E-state index is 0.473. The first kappa shape index (κ1) is 10.7. The van der Waals surface area contributed by atoms with E-state index in [9.17, 15) is 0 Å². The number of hydrogen-bond donors (Lipinski definition) is 0. The lowest BCUT2D eigenvalue weighted by molar-refractivity contribution is 0.243. The van der Waals surface area contributed by atoms with Crippen LogP contribution in [0.5, 0.6) is 0 Å². The van der Waals surface area contributed by atoms with Crippen molar-refractivity contribution in [2.45, 2.75) is 47.0 Å². The highest BCUT2D eigenvalue weighted by Crippen LogP contribution is 2.29. The third-order valence-electron chi connectivity index (χ3n) is 2.52. The van der Waals surface area contributed by atoms with Crippen molar-refractivity contribution in [1.29, 1.82) is 0 Å². The smallest absolute Gasteiger partial charge is 0.0353 e. The minimum atomic E-state index is 0.473. The molecule has 0 aliphatic rings. The van der Waals surface area contributed by atoms with Crippen molar-refractivity contribution in [3.63, 3.8) is 0 Å². The van der Waals surface area contributed by atoms with Crippen molar-refractivity contribution in [3.8, 4) is 0 Å². The lowest BCUT2D eigenvalue weighted by Gasteiger charge is -2.26. The van der Waals surface area contributed by atoms with Crippen molar-refractivity contribution in [2.75, 3.05) is 0 Å². The van der Waals surface area contributed by atoms with E-state index in [2.05, 4.69) is 34.3 Å². The minimum Gasteiger partial charge on any atom is -0.103 e. The highest BCUT2D eigenvalue weighted by atomic mass is 14.2. The van der Waals surface area contributed by atoms with Crippen molar-refractivity contribution in [2.24, 2.45) is 11.3 Å². The van der Waals surface area contributed by atoms with Crippen LogP contribution in [0.1, 0.15) is 47.0 Å². The Morgan fingerprint density at radius 1 is 1.36 bits per heavy atom. The molecule has 11 heavy (non-hydrogen) atoms.